The fourth-order valence-electron chi connectivity index (χ4n) is 0. The van der Waals surface area contributed by atoms with Crippen LogP contribution in [0.4, 0.5) is 0 Å². The Morgan fingerprint density at radius 1 is 0.947 bits per heavy atom. The average Bonchev–Trinajstić information content (AvgIpc) is 2.16. The Kier molecular flexibility index (Phi) is 21.6. The van der Waals surface area contributed by atoms with Crippen molar-refractivity contribution in [2.75, 3.05) is 47.1 Å². The highest BCUT2D eigenvalue weighted by Gasteiger charge is 1.88. The van der Waals surface area contributed by atoms with Crippen molar-refractivity contribution in [3.8, 4) is 0 Å². The zero-order valence-corrected chi connectivity index (χ0v) is 14.4. The van der Waals surface area contributed by atoms with Gasteiger partial charge in [0, 0.05) is 40.7 Å². The topological polar surface area (TPSA) is 119 Å². The van der Waals surface area contributed by atoms with Crippen LogP contribution in [0.25, 0.3) is 0 Å². The minimum Gasteiger partial charge on any atom is -0.388 e. The minimum atomic E-state index is -2.91. The molecule has 0 aliphatic rings. The van der Waals surface area contributed by atoms with Crippen molar-refractivity contribution in [2.45, 2.75) is 6.92 Å². The van der Waals surface area contributed by atoms with Gasteiger partial charge in [0.15, 0.2) is 0 Å². The van der Waals surface area contributed by atoms with Gasteiger partial charge in [0.25, 0.3) is 0 Å². The highest BCUT2D eigenvalue weighted by atomic mass is 32.2. The molecule has 0 heterocycles. The Morgan fingerprint density at radius 2 is 1.05 bits per heavy atom. The Labute approximate surface area is 116 Å². The number of rotatable bonds is 1. The van der Waals surface area contributed by atoms with Crippen molar-refractivity contribution < 1.29 is 26.4 Å². The van der Waals surface area contributed by atoms with Crippen molar-refractivity contribution in [1.82, 2.24) is 10.0 Å². The second-order valence-corrected chi connectivity index (χ2v) is 7.57. The monoisotopic (exact) mass is 322 g/mol. The smallest absolute Gasteiger partial charge is 0.216 e. The van der Waals surface area contributed by atoms with Crippen LogP contribution in [0.5, 0.6) is 0 Å². The number of methoxy groups -OCH3 is 1. The number of hydrogen-bond donors (Lipinski definition) is 2. The van der Waals surface area contributed by atoms with Crippen molar-refractivity contribution in [2.24, 2.45) is 0 Å². The summed E-state index contributed by atoms with van der Waals surface area (Å²) in [6.45, 7) is 1.47. The minimum absolute atomic E-state index is 0.00463. The van der Waals surface area contributed by atoms with E-state index in [1.54, 1.807) is 21.3 Å². The predicted octanol–water partition coefficient (Wildman–Crippen LogP) is -1.16. The van der Waals surface area contributed by atoms with E-state index in [0.29, 0.717) is 0 Å². The van der Waals surface area contributed by atoms with E-state index in [0.717, 1.165) is 18.8 Å². The summed E-state index contributed by atoms with van der Waals surface area (Å²) in [5.74, 6) is 0.00463. The molecule has 8 nitrogen and oxygen atoms in total. The number of hydrogen-bond acceptors (Lipinski definition) is 6. The van der Waals surface area contributed by atoms with Crippen LogP contribution in [0.1, 0.15) is 6.92 Å². The summed E-state index contributed by atoms with van der Waals surface area (Å²) in [5, 5.41) is 2.39. The maximum atomic E-state index is 9.89. The Morgan fingerprint density at radius 3 is 1.05 bits per heavy atom. The third-order valence-electron chi connectivity index (χ3n) is 0.723. The number of sulfone groups is 1. The number of sulfonamides is 1. The van der Waals surface area contributed by atoms with Crippen LogP contribution >= 0.6 is 0 Å². The highest BCUT2D eigenvalue weighted by Crippen LogP contribution is 1.62. The zero-order chi connectivity index (χ0) is 16.7. The molecule has 0 aromatic rings. The lowest BCUT2D eigenvalue weighted by Gasteiger charge is -1.85. The van der Waals surface area contributed by atoms with E-state index in [2.05, 4.69) is 14.8 Å². The maximum Gasteiger partial charge on any atom is 0.216 e. The van der Waals surface area contributed by atoms with E-state index < -0.39 is 19.9 Å². The number of carbonyl (C=O) groups excluding carboxylic acids is 1. The number of amides is 1. The van der Waals surface area contributed by atoms with Crippen molar-refractivity contribution in [3.05, 3.63) is 0 Å². The maximum absolute atomic E-state index is 9.89. The molecule has 19 heavy (non-hydrogen) atoms. The third kappa shape index (κ3) is 220. The first-order chi connectivity index (χ1) is 8.24. The predicted molar refractivity (Wildman–Crippen MR) is 77.3 cm³/mol. The molecule has 0 rings (SSSR count). The van der Waals surface area contributed by atoms with Crippen LogP contribution in [0.3, 0.4) is 0 Å². The van der Waals surface area contributed by atoms with Gasteiger partial charge in [0.2, 0.25) is 15.9 Å². The molecule has 0 radical (unpaired) electrons. The first-order valence-corrected chi connectivity index (χ1v) is 9.06. The Bertz CT molecular complexity index is 381. The molecule has 120 valence electrons. The van der Waals surface area contributed by atoms with Crippen LogP contribution in [0.2, 0.25) is 0 Å². The van der Waals surface area contributed by atoms with E-state index >= 15 is 0 Å². The van der Waals surface area contributed by atoms with Gasteiger partial charge in [0.05, 0.1) is 6.26 Å². The van der Waals surface area contributed by atoms with Crippen LogP contribution in [0, 0.1) is 0 Å². The zero-order valence-electron chi connectivity index (χ0n) is 12.8. The summed E-state index contributed by atoms with van der Waals surface area (Å²) in [6.07, 6.45) is 3.42. The van der Waals surface area contributed by atoms with E-state index in [1.807, 2.05) is 0 Å². The van der Waals surface area contributed by atoms with Gasteiger partial charge in [-0.2, -0.15) is 0 Å². The molecular weight excluding hydrogens is 296 g/mol. The summed E-state index contributed by atoms with van der Waals surface area (Å²) in [4.78, 5) is 9.70. The van der Waals surface area contributed by atoms with E-state index in [-0.39, 0.29) is 5.91 Å². The fourth-order valence-corrected chi connectivity index (χ4v) is 0. The molecule has 0 aromatic heterocycles. The highest BCUT2D eigenvalue weighted by molar-refractivity contribution is 7.90. The van der Waals surface area contributed by atoms with Crippen molar-refractivity contribution >= 4 is 25.8 Å². The van der Waals surface area contributed by atoms with Gasteiger partial charge in [0.1, 0.15) is 9.84 Å². The summed E-state index contributed by atoms with van der Waals surface area (Å²) < 4.78 is 45.4. The Balaban J connectivity index is -0.0000000811. The lowest BCUT2D eigenvalue weighted by molar-refractivity contribution is -0.118. The summed E-state index contributed by atoms with van der Waals surface area (Å²) >= 11 is 0. The molecule has 0 atom stereocenters. The molecule has 0 saturated heterocycles. The molecule has 10 heteroatoms. The molecule has 0 aliphatic carbocycles. The summed E-state index contributed by atoms with van der Waals surface area (Å²) in [7, 11) is 0.641. The molecule has 0 aliphatic heterocycles. The molecule has 0 unspecified atom stereocenters. The summed E-state index contributed by atoms with van der Waals surface area (Å²) in [6, 6.07) is 0. The normalized spacial score (nSPS) is 9.47. The quantitative estimate of drug-likeness (QED) is 0.628. The summed E-state index contributed by atoms with van der Waals surface area (Å²) in [5.41, 5.74) is 0. The third-order valence-corrected chi connectivity index (χ3v) is 1.46. The van der Waals surface area contributed by atoms with E-state index in [1.165, 1.54) is 14.0 Å². The molecule has 0 bridgehead atoms. The number of ether oxygens (including phenoxy) is 1. The van der Waals surface area contributed by atoms with Crippen LogP contribution in [-0.4, -0.2) is 69.8 Å². The van der Waals surface area contributed by atoms with Gasteiger partial charge < -0.3 is 10.1 Å². The molecule has 2 N–H and O–H groups in total. The van der Waals surface area contributed by atoms with Crippen LogP contribution < -0.4 is 10.0 Å². The molecular formula is C9H26N2O6S2. The van der Waals surface area contributed by atoms with Gasteiger partial charge in [-0.25, -0.2) is 21.6 Å². The molecule has 0 aromatic carbocycles. The van der Waals surface area contributed by atoms with Crippen LogP contribution in [0.15, 0.2) is 0 Å². The van der Waals surface area contributed by atoms with Gasteiger partial charge in [-0.15, -0.1) is 0 Å². The fraction of sp³-hybridized carbons (Fsp3) is 0.889. The van der Waals surface area contributed by atoms with E-state index in [4.69, 9.17) is 0 Å². The molecule has 0 fully saturated rings. The average molecular weight is 322 g/mol. The second kappa shape index (κ2) is 15.3. The lowest BCUT2D eigenvalue weighted by Crippen LogP contribution is -2.15. The Hall–Kier alpha value is -0.710. The number of nitrogens with one attached hydrogen (secondary N) is 2. The van der Waals surface area contributed by atoms with Crippen molar-refractivity contribution in [1.29, 1.82) is 0 Å². The lowest BCUT2D eigenvalue weighted by atomic mass is 10.7. The van der Waals surface area contributed by atoms with Gasteiger partial charge >= 0.3 is 0 Å². The van der Waals surface area contributed by atoms with Gasteiger partial charge in [-0.3, -0.25) is 4.79 Å². The van der Waals surface area contributed by atoms with Gasteiger partial charge in [-0.1, -0.05) is 0 Å². The molecule has 1 amide bonds. The standard InChI is InChI=1S/C3H7NO.C2H7NO2S.C2H6O2S.C2H6O/c1-3(5)4-2;1-3-6(2,4)5;1-5(2,3)4;1-3-2/h1-2H3,(H,4,5);3H,1-2H3;1-2H3;1-2H3. The van der Waals surface area contributed by atoms with Crippen LogP contribution in [-0.2, 0) is 29.4 Å². The van der Waals surface area contributed by atoms with Gasteiger partial charge in [-0.05, 0) is 7.05 Å². The number of carbonyl (C=O) groups is 1. The van der Waals surface area contributed by atoms with E-state index in [9.17, 15) is 21.6 Å². The first-order valence-electron chi connectivity index (χ1n) is 4.87. The second-order valence-electron chi connectivity index (χ2n) is 3.33. The largest absolute Gasteiger partial charge is 0.388 e. The van der Waals surface area contributed by atoms with Crippen molar-refractivity contribution in [3.63, 3.8) is 0 Å². The first kappa shape index (κ1) is 26.8. The molecule has 0 saturated carbocycles. The SMILES string of the molecule is CNC(C)=O.CNS(C)(=O)=O.COC.CS(C)(=O)=O. The molecule has 0 spiro atoms.